The summed E-state index contributed by atoms with van der Waals surface area (Å²) < 4.78 is 0. The quantitative estimate of drug-likeness (QED) is 0.851. The zero-order valence-corrected chi connectivity index (χ0v) is 12.9. The topological polar surface area (TPSA) is 46.2 Å². The fraction of sp³-hybridized carbons (Fsp3) is 0.368. The second-order valence-corrected chi connectivity index (χ2v) is 6.24. The van der Waals surface area contributed by atoms with Gasteiger partial charge in [-0.1, -0.05) is 60.7 Å². The lowest BCUT2D eigenvalue weighted by molar-refractivity contribution is 0.199. The van der Waals surface area contributed by atoms with Crippen molar-refractivity contribution in [2.24, 2.45) is 11.7 Å². The SMILES string of the molecule is CC(C)(N)C(CCO)C(c1ccccc1)c1ccccc1. The molecular weight excluding hydrogens is 258 g/mol. The van der Waals surface area contributed by atoms with E-state index in [2.05, 4.69) is 48.5 Å². The van der Waals surface area contributed by atoms with E-state index in [1.807, 2.05) is 26.0 Å². The molecule has 0 saturated carbocycles. The molecule has 0 aliphatic heterocycles. The molecule has 0 heterocycles. The maximum atomic E-state index is 9.49. The number of rotatable bonds is 6. The monoisotopic (exact) mass is 283 g/mol. The Hall–Kier alpha value is -1.64. The molecule has 0 bridgehead atoms. The molecule has 21 heavy (non-hydrogen) atoms. The van der Waals surface area contributed by atoms with Gasteiger partial charge in [0.1, 0.15) is 0 Å². The van der Waals surface area contributed by atoms with E-state index < -0.39 is 0 Å². The van der Waals surface area contributed by atoms with Gasteiger partial charge in [0.15, 0.2) is 0 Å². The van der Waals surface area contributed by atoms with Gasteiger partial charge in [-0.25, -0.2) is 0 Å². The van der Waals surface area contributed by atoms with E-state index in [1.165, 1.54) is 11.1 Å². The predicted octanol–water partition coefficient (Wildman–Crippen LogP) is 3.55. The lowest BCUT2D eigenvalue weighted by Crippen LogP contribution is -2.44. The third kappa shape index (κ3) is 3.93. The van der Waals surface area contributed by atoms with Crippen LogP contribution in [-0.2, 0) is 0 Å². The average Bonchev–Trinajstić information content (AvgIpc) is 2.48. The van der Waals surface area contributed by atoms with E-state index in [4.69, 9.17) is 5.73 Å². The lowest BCUT2D eigenvalue weighted by Gasteiger charge is -2.37. The molecule has 0 aliphatic rings. The molecule has 0 aliphatic carbocycles. The van der Waals surface area contributed by atoms with Crippen molar-refractivity contribution in [1.82, 2.24) is 0 Å². The van der Waals surface area contributed by atoms with E-state index in [0.29, 0.717) is 6.42 Å². The van der Waals surface area contributed by atoms with Crippen LogP contribution < -0.4 is 5.73 Å². The van der Waals surface area contributed by atoms with Gasteiger partial charge in [-0.2, -0.15) is 0 Å². The van der Waals surface area contributed by atoms with E-state index in [-0.39, 0.29) is 24.0 Å². The molecule has 2 rings (SSSR count). The van der Waals surface area contributed by atoms with Crippen molar-refractivity contribution < 1.29 is 5.11 Å². The van der Waals surface area contributed by atoms with Gasteiger partial charge in [0, 0.05) is 18.1 Å². The third-order valence-corrected chi connectivity index (χ3v) is 4.12. The van der Waals surface area contributed by atoms with E-state index in [9.17, 15) is 5.11 Å². The van der Waals surface area contributed by atoms with Gasteiger partial charge in [0.25, 0.3) is 0 Å². The highest BCUT2D eigenvalue weighted by Crippen LogP contribution is 2.38. The fourth-order valence-electron chi connectivity index (χ4n) is 3.09. The highest BCUT2D eigenvalue weighted by Gasteiger charge is 2.34. The standard InChI is InChI=1S/C19H25NO/c1-19(2,20)17(13-14-21)18(15-9-5-3-6-10-15)16-11-7-4-8-12-16/h3-12,17-18,21H,13-14,20H2,1-2H3. The van der Waals surface area contributed by atoms with E-state index in [0.717, 1.165) is 0 Å². The van der Waals surface area contributed by atoms with Crippen LogP contribution in [0.1, 0.15) is 37.3 Å². The third-order valence-electron chi connectivity index (χ3n) is 4.12. The molecule has 2 aromatic carbocycles. The Morgan fingerprint density at radius 2 is 1.33 bits per heavy atom. The summed E-state index contributed by atoms with van der Waals surface area (Å²) >= 11 is 0. The molecule has 1 atom stereocenters. The van der Waals surface area contributed by atoms with Crippen LogP contribution in [-0.4, -0.2) is 17.3 Å². The van der Waals surface area contributed by atoms with Crippen LogP contribution in [0.2, 0.25) is 0 Å². The summed E-state index contributed by atoms with van der Waals surface area (Å²) in [5.41, 5.74) is 8.57. The highest BCUT2D eigenvalue weighted by atomic mass is 16.3. The van der Waals surface area contributed by atoms with Crippen molar-refractivity contribution in [3.05, 3.63) is 71.8 Å². The summed E-state index contributed by atoms with van der Waals surface area (Å²) in [6.45, 7) is 4.25. The summed E-state index contributed by atoms with van der Waals surface area (Å²) in [7, 11) is 0. The van der Waals surface area contributed by atoms with Crippen LogP contribution in [0.5, 0.6) is 0 Å². The molecule has 0 fully saturated rings. The maximum absolute atomic E-state index is 9.49. The zero-order chi connectivity index (χ0) is 15.3. The van der Waals surface area contributed by atoms with Gasteiger partial charge in [0.2, 0.25) is 0 Å². The van der Waals surface area contributed by atoms with Gasteiger partial charge in [-0.15, -0.1) is 0 Å². The van der Waals surface area contributed by atoms with Gasteiger partial charge >= 0.3 is 0 Å². The first-order valence-electron chi connectivity index (χ1n) is 7.53. The minimum atomic E-state index is -0.362. The Bertz CT molecular complexity index is 491. The van der Waals surface area contributed by atoms with Crippen LogP contribution in [0, 0.1) is 5.92 Å². The van der Waals surface area contributed by atoms with Gasteiger partial charge in [-0.3, -0.25) is 0 Å². The highest BCUT2D eigenvalue weighted by molar-refractivity contribution is 5.34. The summed E-state index contributed by atoms with van der Waals surface area (Å²) in [6, 6.07) is 20.9. The Kier molecular flexibility index (Phi) is 5.16. The minimum absolute atomic E-state index is 0.154. The summed E-state index contributed by atoms with van der Waals surface area (Å²) in [5, 5.41) is 9.49. The maximum Gasteiger partial charge on any atom is 0.0434 e. The molecule has 112 valence electrons. The second-order valence-electron chi connectivity index (χ2n) is 6.24. The Labute approximate surface area is 127 Å². The normalized spacial score (nSPS) is 13.4. The van der Waals surface area contributed by atoms with Crippen molar-refractivity contribution in [3.8, 4) is 0 Å². The number of nitrogens with two attached hydrogens (primary N) is 1. The number of hydrogen-bond acceptors (Lipinski definition) is 2. The Morgan fingerprint density at radius 1 is 0.905 bits per heavy atom. The van der Waals surface area contributed by atoms with Gasteiger partial charge < -0.3 is 10.8 Å². The van der Waals surface area contributed by atoms with Gasteiger partial charge in [-0.05, 0) is 37.3 Å². The molecule has 0 aromatic heterocycles. The lowest BCUT2D eigenvalue weighted by atomic mass is 9.71. The first-order chi connectivity index (χ1) is 10.0. The van der Waals surface area contributed by atoms with Crippen LogP contribution in [0.3, 0.4) is 0 Å². The summed E-state index contributed by atoms with van der Waals surface area (Å²) in [6.07, 6.45) is 0.692. The largest absolute Gasteiger partial charge is 0.396 e. The van der Waals surface area contributed by atoms with Crippen LogP contribution in [0.25, 0.3) is 0 Å². The van der Waals surface area contributed by atoms with Crippen LogP contribution in [0.4, 0.5) is 0 Å². The number of aliphatic hydroxyl groups excluding tert-OH is 1. The summed E-state index contributed by atoms with van der Waals surface area (Å²) in [5.74, 6) is 0.367. The first-order valence-corrected chi connectivity index (χ1v) is 7.53. The second kappa shape index (κ2) is 6.88. The molecule has 3 N–H and O–H groups in total. The van der Waals surface area contributed by atoms with Crippen LogP contribution in [0.15, 0.2) is 60.7 Å². The van der Waals surface area contributed by atoms with Crippen LogP contribution >= 0.6 is 0 Å². The Morgan fingerprint density at radius 3 is 1.67 bits per heavy atom. The number of benzene rings is 2. The molecule has 0 radical (unpaired) electrons. The number of hydrogen-bond donors (Lipinski definition) is 2. The van der Waals surface area contributed by atoms with Crippen molar-refractivity contribution >= 4 is 0 Å². The molecule has 2 aromatic rings. The molecule has 2 heteroatoms. The first kappa shape index (κ1) is 15.7. The molecule has 0 spiro atoms. The van der Waals surface area contributed by atoms with Crippen molar-refractivity contribution in [1.29, 1.82) is 0 Å². The Balaban J connectivity index is 2.50. The van der Waals surface area contributed by atoms with Crippen molar-refractivity contribution in [2.75, 3.05) is 6.61 Å². The molecule has 2 nitrogen and oxygen atoms in total. The molecule has 0 saturated heterocycles. The summed E-state index contributed by atoms with van der Waals surface area (Å²) in [4.78, 5) is 0. The minimum Gasteiger partial charge on any atom is -0.396 e. The van der Waals surface area contributed by atoms with E-state index >= 15 is 0 Å². The molecular formula is C19H25NO. The molecule has 0 amide bonds. The smallest absolute Gasteiger partial charge is 0.0434 e. The fourth-order valence-corrected chi connectivity index (χ4v) is 3.09. The van der Waals surface area contributed by atoms with Crippen molar-refractivity contribution in [2.45, 2.75) is 31.7 Å². The van der Waals surface area contributed by atoms with Crippen molar-refractivity contribution in [3.63, 3.8) is 0 Å². The van der Waals surface area contributed by atoms with Gasteiger partial charge in [0.05, 0.1) is 0 Å². The average molecular weight is 283 g/mol. The zero-order valence-electron chi connectivity index (χ0n) is 12.9. The van der Waals surface area contributed by atoms with E-state index in [1.54, 1.807) is 0 Å². The number of aliphatic hydroxyl groups is 1. The predicted molar refractivity (Wildman–Crippen MR) is 88.2 cm³/mol. The molecule has 1 unspecified atom stereocenters.